The van der Waals surface area contributed by atoms with E-state index in [2.05, 4.69) is 19.3 Å². The second-order valence-corrected chi connectivity index (χ2v) is 4.40. The summed E-state index contributed by atoms with van der Waals surface area (Å²) in [6.45, 7) is 2.53. The largest absolute Gasteiger partial charge is 0.368 e. The number of hydrogen-bond donors (Lipinski definition) is 1. The van der Waals surface area contributed by atoms with Crippen molar-refractivity contribution in [1.29, 1.82) is 0 Å². The van der Waals surface area contributed by atoms with E-state index >= 15 is 0 Å². The minimum absolute atomic E-state index is 0.301. The number of fused-ring (bicyclic) bond motifs is 3. The van der Waals surface area contributed by atoms with Crippen molar-refractivity contribution in [3.05, 3.63) is 22.3 Å². The summed E-state index contributed by atoms with van der Waals surface area (Å²) in [6, 6.07) is 0. The molecule has 5 nitrogen and oxygen atoms in total. The van der Waals surface area contributed by atoms with Crippen LogP contribution in [-0.4, -0.2) is 20.6 Å². The summed E-state index contributed by atoms with van der Waals surface area (Å²) in [7, 11) is 0. The zero-order chi connectivity index (χ0) is 11.1. The van der Waals surface area contributed by atoms with Gasteiger partial charge in [0.2, 0.25) is 5.95 Å². The zero-order valence-electron chi connectivity index (χ0n) is 8.64. The fraction of sp³-hybridized carbons (Fsp3) is 0.200. The maximum Gasteiger partial charge on any atom is 0.220 e. The molecule has 0 aliphatic carbocycles. The number of aryl methyl sites for hydroxylation is 1. The van der Waals surface area contributed by atoms with Crippen molar-refractivity contribution in [1.82, 2.24) is 14.3 Å². The topological polar surface area (TPSA) is 77.0 Å². The Kier molecular flexibility index (Phi) is 1.97. The fourth-order valence-electron chi connectivity index (χ4n) is 1.77. The lowest BCUT2D eigenvalue weighted by atomic mass is 10.1. The molecule has 0 fully saturated rings. The van der Waals surface area contributed by atoms with Gasteiger partial charge in [0.1, 0.15) is 0 Å². The molecule has 0 spiro atoms. The van der Waals surface area contributed by atoms with E-state index in [0.717, 1.165) is 27.4 Å². The van der Waals surface area contributed by atoms with Crippen LogP contribution in [0.5, 0.6) is 0 Å². The van der Waals surface area contributed by atoms with Crippen LogP contribution in [0.3, 0.4) is 0 Å². The summed E-state index contributed by atoms with van der Waals surface area (Å²) < 4.78 is 4.15. The summed E-state index contributed by atoms with van der Waals surface area (Å²) in [5, 5.41) is 0. The van der Waals surface area contributed by atoms with Gasteiger partial charge < -0.3 is 5.73 Å². The number of rotatable bonds is 0. The molecule has 6 heteroatoms. The van der Waals surface area contributed by atoms with Crippen LogP contribution in [0.2, 0.25) is 0 Å². The Balaban J connectivity index is 2.36. The van der Waals surface area contributed by atoms with Gasteiger partial charge in [0, 0.05) is 23.0 Å². The lowest BCUT2D eigenvalue weighted by Crippen LogP contribution is -2.03. The molecule has 1 aliphatic rings. The molecular formula is C10H9N5S. The van der Waals surface area contributed by atoms with Gasteiger partial charge in [-0.05, 0) is 18.5 Å². The Morgan fingerprint density at radius 1 is 1.38 bits per heavy atom. The van der Waals surface area contributed by atoms with Gasteiger partial charge >= 0.3 is 0 Å². The van der Waals surface area contributed by atoms with Crippen molar-refractivity contribution in [2.75, 3.05) is 5.73 Å². The molecule has 1 aliphatic heterocycles. The van der Waals surface area contributed by atoms with E-state index in [1.165, 1.54) is 11.5 Å². The SMILES string of the molecule is Cc1nc(N)nc2c1CN=Cc1sncc1-2. The third-order valence-corrected chi connectivity index (χ3v) is 3.28. The first-order valence-electron chi connectivity index (χ1n) is 4.83. The summed E-state index contributed by atoms with van der Waals surface area (Å²) >= 11 is 1.41. The van der Waals surface area contributed by atoms with Gasteiger partial charge in [0.05, 0.1) is 23.3 Å². The van der Waals surface area contributed by atoms with E-state index < -0.39 is 0 Å². The number of nitrogens with zero attached hydrogens (tertiary/aromatic N) is 4. The molecule has 0 amide bonds. The zero-order valence-corrected chi connectivity index (χ0v) is 9.45. The first kappa shape index (κ1) is 9.41. The second-order valence-electron chi connectivity index (χ2n) is 3.57. The van der Waals surface area contributed by atoms with E-state index in [-0.39, 0.29) is 0 Å². The van der Waals surface area contributed by atoms with Gasteiger partial charge in [-0.25, -0.2) is 9.97 Å². The van der Waals surface area contributed by atoms with E-state index in [4.69, 9.17) is 5.73 Å². The molecule has 2 aromatic heterocycles. The summed E-state index contributed by atoms with van der Waals surface area (Å²) in [6.07, 6.45) is 3.65. The molecule has 80 valence electrons. The minimum atomic E-state index is 0.301. The van der Waals surface area contributed by atoms with Crippen molar-refractivity contribution in [3.8, 4) is 11.3 Å². The third kappa shape index (κ3) is 1.30. The minimum Gasteiger partial charge on any atom is -0.368 e. The van der Waals surface area contributed by atoms with Gasteiger partial charge in [-0.15, -0.1) is 0 Å². The van der Waals surface area contributed by atoms with Crippen molar-refractivity contribution in [2.45, 2.75) is 13.5 Å². The summed E-state index contributed by atoms with van der Waals surface area (Å²) in [4.78, 5) is 13.8. The van der Waals surface area contributed by atoms with Gasteiger partial charge in [0.25, 0.3) is 0 Å². The van der Waals surface area contributed by atoms with Crippen LogP contribution in [0.25, 0.3) is 11.3 Å². The highest BCUT2D eigenvalue weighted by Crippen LogP contribution is 2.30. The molecule has 0 unspecified atom stereocenters. The third-order valence-electron chi connectivity index (χ3n) is 2.54. The standard InChI is InChI=1S/C10H9N5S/c1-5-6-2-12-4-8-7(3-13-16-8)9(6)15-10(11)14-5/h3-4H,2H2,1H3,(H2,11,14,15). The molecule has 16 heavy (non-hydrogen) atoms. The highest BCUT2D eigenvalue weighted by molar-refractivity contribution is 7.08. The van der Waals surface area contributed by atoms with Crippen molar-refractivity contribution in [3.63, 3.8) is 0 Å². The molecule has 0 bridgehead atoms. The predicted octanol–water partition coefficient (Wildman–Crippen LogP) is 1.42. The molecule has 0 aromatic carbocycles. The van der Waals surface area contributed by atoms with Crippen LogP contribution >= 0.6 is 11.5 Å². The second kappa shape index (κ2) is 3.34. The molecule has 0 saturated heterocycles. The molecule has 0 radical (unpaired) electrons. The Morgan fingerprint density at radius 3 is 3.12 bits per heavy atom. The van der Waals surface area contributed by atoms with E-state index in [1.807, 2.05) is 19.3 Å². The molecule has 2 N–H and O–H groups in total. The molecule has 3 heterocycles. The van der Waals surface area contributed by atoms with Gasteiger partial charge in [-0.2, -0.15) is 4.37 Å². The molecule has 3 rings (SSSR count). The number of nitrogens with two attached hydrogens (primary N) is 1. The van der Waals surface area contributed by atoms with Crippen molar-refractivity contribution in [2.24, 2.45) is 4.99 Å². The Bertz CT molecular complexity index is 587. The first-order valence-corrected chi connectivity index (χ1v) is 5.61. The lowest BCUT2D eigenvalue weighted by molar-refractivity contribution is 0.990. The average Bonchev–Trinajstić information content (AvgIpc) is 2.62. The monoisotopic (exact) mass is 231 g/mol. The number of nitrogen functional groups attached to an aromatic ring is 1. The van der Waals surface area contributed by atoms with Crippen molar-refractivity contribution < 1.29 is 0 Å². The van der Waals surface area contributed by atoms with Crippen LogP contribution in [-0.2, 0) is 6.54 Å². The van der Waals surface area contributed by atoms with Crippen LogP contribution < -0.4 is 5.73 Å². The normalized spacial score (nSPS) is 13.1. The maximum absolute atomic E-state index is 5.68. The first-order chi connectivity index (χ1) is 7.75. The summed E-state index contributed by atoms with van der Waals surface area (Å²) in [5.41, 5.74) is 9.46. The molecule has 2 aromatic rings. The average molecular weight is 231 g/mol. The van der Waals surface area contributed by atoms with Gasteiger partial charge in [-0.3, -0.25) is 4.99 Å². The van der Waals surface area contributed by atoms with E-state index in [9.17, 15) is 0 Å². The number of aliphatic imine (C=N–C) groups is 1. The quantitative estimate of drug-likeness (QED) is 0.744. The Labute approximate surface area is 96.3 Å². The van der Waals surface area contributed by atoms with E-state index in [0.29, 0.717) is 12.5 Å². The predicted molar refractivity (Wildman–Crippen MR) is 63.6 cm³/mol. The lowest BCUT2D eigenvalue weighted by Gasteiger charge is -2.07. The van der Waals surface area contributed by atoms with Crippen LogP contribution in [0.4, 0.5) is 5.95 Å². The van der Waals surface area contributed by atoms with E-state index in [1.54, 1.807) is 0 Å². The van der Waals surface area contributed by atoms with Crippen LogP contribution in [0.15, 0.2) is 11.2 Å². The van der Waals surface area contributed by atoms with Gasteiger partial charge in [-0.1, -0.05) is 0 Å². The number of hydrogen-bond acceptors (Lipinski definition) is 6. The van der Waals surface area contributed by atoms with Crippen LogP contribution in [0.1, 0.15) is 16.1 Å². The molecular weight excluding hydrogens is 222 g/mol. The smallest absolute Gasteiger partial charge is 0.220 e. The van der Waals surface area contributed by atoms with Crippen molar-refractivity contribution >= 4 is 23.7 Å². The number of aromatic nitrogens is 3. The van der Waals surface area contributed by atoms with Gasteiger partial charge in [0.15, 0.2) is 0 Å². The highest BCUT2D eigenvalue weighted by atomic mass is 32.1. The maximum atomic E-state index is 5.68. The fourth-order valence-corrected chi connectivity index (χ4v) is 2.41. The Hall–Kier alpha value is -1.82. The molecule has 0 atom stereocenters. The molecule has 0 saturated carbocycles. The Morgan fingerprint density at radius 2 is 2.25 bits per heavy atom. The number of anilines is 1. The summed E-state index contributed by atoms with van der Waals surface area (Å²) in [5.74, 6) is 0.301. The van der Waals surface area contributed by atoms with Crippen LogP contribution in [0, 0.1) is 6.92 Å². The highest BCUT2D eigenvalue weighted by Gasteiger charge is 2.18.